The average Bonchev–Trinajstić information content (AvgIpc) is 2.43. The van der Waals surface area contributed by atoms with Crippen LogP contribution >= 0.6 is 0 Å². The van der Waals surface area contributed by atoms with Crippen LogP contribution in [0.3, 0.4) is 0 Å². The van der Waals surface area contributed by atoms with Gasteiger partial charge in [-0.15, -0.1) is 0 Å². The maximum atomic E-state index is 12.0. The zero-order valence-electron chi connectivity index (χ0n) is 12.2. The second kappa shape index (κ2) is 8.32. The first-order valence-electron chi connectivity index (χ1n) is 6.99. The Labute approximate surface area is 120 Å². The van der Waals surface area contributed by atoms with Crippen molar-refractivity contribution >= 4 is 17.5 Å². The van der Waals surface area contributed by atoms with Crippen molar-refractivity contribution in [1.82, 2.24) is 4.90 Å². The lowest BCUT2D eigenvalue weighted by atomic mass is 10.1. The van der Waals surface area contributed by atoms with Gasteiger partial charge in [0.1, 0.15) is 0 Å². The van der Waals surface area contributed by atoms with Crippen molar-refractivity contribution in [2.45, 2.75) is 26.7 Å². The number of nitrogens with zero attached hydrogens (tertiary/aromatic N) is 1. The van der Waals surface area contributed by atoms with Crippen LogP contribution in [0.1, 0.15) is 37.0 Å². The SMILES string of the molecule is CCCCN(CC)CC(=O)Nc1ccccc1C(N)=O. The number of carbonyl (C=O) groups is 2. The number of nitrogens with one attached hydrogen (secondary N) is 1. The molecule has 5 heteroatoms. The molecule has 1 aromatic carbocycles. The number of rotatable bonds is 8. The summed E-state index contributed by atoms with van der Waals surface area (Å²) in [6.45, 7) is 6.20. The van der Waals surface area contributed by atoms with Crippen molar-refractivity contribution in [3.05, 3.63) is 29.8 Å². The second-order valence-electron chi connectivity index (χ2n) is 4.68. The van der Waals surface area contributed by atoms with Gasteiger partial charge in [0.15, 0.2) is 0 Å². The summed E-state index contributed by atoms with van der Waals surface area (Å²) in [7, 11) is 0. The Kier molecular flexibility index (Phi) is 6.73. The van der Waals surface area contributed by atoms with E-state index in [4.69, 9.17) is 5.73 Å². The molecule has 0 fully saturated rings. The Morgan fingerprint density at radius 3 is 2.55 bits per heavy atom. The summed E-state index contributed by atoms with van der Waals surface area (Å²) in [5.74, 6) is -0.670. The molecule has 0 spiro atoms. The number of hydrogen-bond acceptors (Lipinski definition) is 3. The Morgan fingerprint density at radius 2 is 1.95 bits per heavy atom. The molecule has 5 nitrogen and oxygen atoms in total. The molecule has 110 valence electrons. The molecule has 0 saturated heterocycles. The summed E-state index contributed by atoms with van der Waals surface area (Å²) >= 11 is 0. The number of unbranched alkanes of at least 4 members (excludes halogenated alkanes) is 1. The lowest BCUT2D eigenvalue weighted by Gasteiger charge is -2.19. The third kappa shape index (κ3) is 5.01. The summed E-state index contributed by atoms with van der Waals surface area (Å²) in [4.78, 5) is 25.4. The highest BCUT2D eigenvalue weighted by molar-refractivity contribution is 6.03. The molecule has 0 saturated carbocycles. The highest BCUT2D eigenvalue weighted by Crippen LogP contribution is 2.14. The minimum absolute atomic E-state index is 0.128. The predicted molar refractivity (Wildman–Crippen MR) is 80.6 cm³/mol. The smallest absolute Gasteiger partial charge is 0.250 e. The fraction of sp³-hybridized carbons (Fsp3) is 0.467. The maximum Gasteiger partial charge on any atom is 0.250 e. The molecule has 0 aliphatic rings. The van der Waals surface area contributed by atoms with Gasteiger partial charge in [-0.2, -0.15) is 0 Å². The maximum absolute atomic E-state index is 12.0. The first-order valence-corrected chi connectivity index (χ1v) is 6.99. The summed E-state index contributed by atoms with van der Waals surface area (Å²) in [6.07, 6.45) is 2.17. The summed E-state index contributed by atoms with van der Waals surface area (Å²) in [6, 6.07) is 6.76. The van der Waals surface area contributed by atoms with Crippen LogP contribution in [-0.4, -0.2) is 36.3 Å². The summed E-state index contributed by atoms with van der Waals surface area (Å²) < 4.78 is 0. The first kappa shape index (κ1) is 16.2. The standard InChI is InChI=1S/C15H23N3O2/c1-3-5-10-18(4-2)11-14(19)17-13-9-7-6-8-12(13)15(16)20/h6-9H,3-5,10-11H2,1-2H3,(H2,16,20)(H,17,19). The fourth-order valence-electron chi connectivity index (χ4n) is 1.93. The topological polar surface area (TPSA) is 75.4 Å². The number of benzene rings is 1. The van der Waals surface area contributed by atoms with Gasteiger partial charge in [0.2, 0.25) is 5.91 Å². The monoisotopic (exact) mass is 277 g/mol. The number of primary amides is 1. The minimum atomic E-state index is -0.542. The van der Waals surface area contributed by atoms with Crippen molar-refractivity contribution in [2.75, 3.05) is 25.0 Å². The van der Waals surface area contributed by atoms with Gasteiger partial charge in [0.25, 0.3) is 5.91 Å². The molecule has 0 aliphatic heterocycles. The van der Waals surface area contributed by atoms with E-state index in [1.54, 1.807) is 24.3 Å². The minimum Gasteiger partial charge on any atom is -0.366 e. The lowest BCUT2D eigenvalue weighted by Crippen LogP contribution is -2.34. The van der Waals surface area contributed by atoms with Gasteiger partial charge in [-0.25, -0.2) is 0 Å². The number of amides is 2. The molecular weight excluding hydrogens is 254 g/mol. The predicted octanol–water partition coefficient (Wildman–Crippen LogP) is 1.85. The van der Waals surface area contributed by atoms with Crippen LogP contribution in [0.15, 0.2) is 24.3 Å². The highest BCUT2D eigenvalue weighted by Gasteiger charge is 2.12. The zero-order valence-corrected chi connectivity index (χ0v) is 12.2. The normalized spacial score (nSPS) is 10.6. The van der Waals surface area contributed by atoms with Gasteiger partial charge in [0.05, 0.1) is 17.8 Å². The van der Waals surface area contributed by atoms with E-state index in [9.17, 15) is 9.59 Å². The van der Waals surface area contributed by atoms with E-state index in [0.717, 1.165) is 25.9 Å². The fourth-order valence-corrected chi connectivity index (χ4v) is 1.93. The van der Waals surface area contributed by atoms with Crippen LogP contribution in [0.25, 0.3) is 0 Å². The van der Waals surface area contributed by atoms with Gasteiger partial charge in [-0.1, -0.05) is 32.4 Å². The van der Waals surface area contributed by atoms with E-state index in [-0.39, 0.29) is 5.91 Å². The number of nitrogens with two attached hydrogens (primary N) is 1. The number of hydrogen-bond donors (Lipinski definition) is 2. The molecule has 0 unspecified atom stereocenters. The molecular formula is C15H23N3O2. The third-order valence-corrected chi connectivity index (χ3v) is 3.11. The average molecular weight is 277 g/mol. The van der Waals surface area contributed by atoms with Crippen LogP contribution in [0.4, 0.5) is 5.69 Å². The Balaban J connectivity index is 2.64. The van der Waals surface area contributed by atoms with Gasteiger partial charge < -0.3 is 11.1 Å². The molecule has 1 aromatic rings. The first-order chi connectivity index (χ1) is 9.58. The molecule has 0 heterocycles. The molecule has 1 rings (SSSR count). The van der Waals surface area contributed by atoms with E-state index in [2.05, 4.69) is 17.1 Å². The van der Waals surface area contributed by atoms with Gasteiger partial charge >= 0.3 is 0 Å². The van der Waals surface area contributed by atoms with Crippen molar-refractivity contribution in [3.63, 3.8) is 0 Å². The van der Waals surface area contributed by atoms with E-state index in [1.165, 1.54) is 0 Å². The van der Waals surface area contributed by atoms with Crippen molar-refractivity contribution in [3.8, 4) is 0 Å². The van der Waals surface area contributed by atoms with Crippen LogP contribution in [0, 0.1) is 0 Å². The number of carbonyl (C=O) groups excluding carboxylic acids is 2. The van der Waals surface area contributed by atoms with Crippen LogP contribution in [-0.2, 0) is 4.79 Å². The Morgan fingerprint density at radius 1 is 1.25 bits per heavy atom. The molecule has 0 aromatic heterocycles. The van der Waals surface area contributed by atoms with Crippen molar-refractivity contribution in [2.24, 2.45) is 5.73 Å². The molecule has 3 N–H and O–H groups in total. The van der Waals surface area contributed by atoms with Crippen LogP contribution in [0.2, 0.25) is 0 Å². The van der Waals surface area contributed by atoms with Crippen molar-refractivity contribution in [1.29, 1.82) is 0 Å². The van der Waals surface area contributed by atoms with Crippen LogP contribution < -0.4 is 11.1 Å². The number of anilines is 1. The molecule has 20 heavy (non-hydrogen) atoms. The molecule has 0 radical (unpaired) electrons. The lowest BCUT2D eigenvalue weighted by molar-refractivity contribution is -0.117. The number of likely N-dealkylation sites (N-methyl/N-ethyl adjacent to an activating group) is 1. The van der Waals surface area contributed by atoms with E-state index in [1.807, 2.05) is 6.92 Å². The van der Waals surface area contributed by atoms with E-state index >= 15 is 0 Å². The molecule has 0 atom stereocenters. The largest absolute Gasteiger partial charge is 0.366 e. The second-order valence-corrected chi connectivity index (χ2v) is 4.68. The molecule has 2 amide bonds. The van der Waals surface area contributed by atoms with Crippen molar-refractivity contribution < 1.29 is 9.59 Å². The van der Waals surface area contributed by atoms with Crippen LogP contribution in [0.5, 0.6) is 0 Å². The van der Waals surface area contributed by atoms with Gasteiger partial charge in [0, 0.05) is 0 Å². The van der Waals surface area contributed by atoms with Gasteiger partial charge in [-0.05, 0) is 31.6 Å². The van der Waals surface area contributed by atoms with E-state index in [0.29, 0.717) is 17.8 Å². The number of para-hydroxylation sites is 1. The zero-order chi connectivity index (χ0) is 15.0. The highest BCUT2D eigenvalue weighted by atomic mass is 16.2. The Hall–Kier alpha value is -1.88. The quantitative estimate of drug-likeness (QED) is 0.761. The molecule has 0 bridgehead atoms. The summed E-state index contributed by atoms with van der Waals surface area (Å²) in [5.41, 5.74) is 6.08. The summed E-state index contributed by atoms with van der Waals surface area (Å²) in [5, 5.41) is 2.75. The van der Waals surface area contributed by atoms with Gasteiger partial charge in [-0.3, -0.25) is 14.5 Å². The van der Waals surface area contributed by atoms with E-state index < -0.39 is 5.91 Å². The molecule has 0 aliphatic carbocycles. The Bertz CT molecular complexity index is 460. The third-order valence-electron chi connectivity index (χ3n) is 3.11.